The Morgan fingerprint density at radius 1 is 0.917 bits per heavy atom. The molecule has 0 rings (SSSR count). The Hall–Kier alpha value is -1.65. The van der Waals surface area contributed by atoms with Gasteiger partial charge < -0.3 is 15.3 Å². The van der Waals surface area contributed by atoms with E-state index in [1.165, 1.54) is 0 Å². The van der Waals surface area contributed by atoms with Crippen molar-refractivity contribution in [1.82, 2.24) is 0 Å². The van der Waals surface area contributed by atoms with Gasteiger partial charge in [-0.2, -0.15) is 0 Å². The van der Waals surface area contributed by atoms with Gasteiger partial charge >= 0.3 is 5.97 Å². The number of aliphatic hydroxyl groups excluding tert-OH is 2. The maximum Gasteiger partial charge on any atom is 0.305 e. The summed E-state index contributed by atoms with van der Waals surface area (Å²) in [5.41, 5.74) is 0. The third-order valence-corrected chi connectivity index (χ3v) is 2.85. The highest BCUT2D eigenvalue weighted by Gasteiger charge is 2.06. The standard InChI is InChI=1S/C20H32O4/c1-2-18(21)15-13-11-9-7-5-3-4-6-8-10-12-14-16-19(22)17-20(23)24/h3,5-6,8-9,11-12,14,18-19,21-22H,2,4,7,10,13,15-17H2,1H3,(H,23,24)/b5-3-,8-6-,11-9-,14-12-/t18?,19-/m1/s1/i3T,5T,6T,8T,9T,11T,12T,14T. The molecule has 0 aromatic rings. The molecule has 0 saturated heterocycles. The van der Waals surface area contributed by atoms with Gasteiger partial charge in [-0.15, -0.1) is 0 Å². The Morgan fingerprint density at radius 3 is 1.92 bits per heavy atom. The van der Waals surface area contributed by atoms with Crippen LogP contribution in [-0.4, -0.2) is 33.5 Å². The lowest BCUT2D eigenvalue weighted by molar-refractivity contribution is -0.139. The number of hydrogen-bond donors (Lipinski definition) is 3. The van der Waals surface area contributed by atoms with E-state index < -0.39 is 31.0 Å². The monoisotopic (exact) mass is 352 g/mol. The van der Waals surface area contributed by atoms with Crippen molar-refractivity contribution in [3.63, 3.8) is 0 Å². The van der Waals surface area contributed by atoms with Crippen LogP contribution in [0, 0.1) is 0 Å². The molecule has 4 nitrogen and oxygen atoms in total. The summed E-state index contributed by atoms with van der Waals surface area (Å²) < 4.78 is 62.9. The van der Waals surface area contributed by atoms with E-state index in [9.17, 15) is 15.0 Å². The minimum atomic E-state index is -1.33. The van der Waals surface area contributed by atoms with Crippen LogP contribution in [0.5, 0.6) is 0 Å². The van der Waals surface area contributed by atoms with E-state index in [0.717, 1.165) is 0 Å². The van der Waals surface area contributed by atoms with E-state index in [1.54, 1.807) is 6.92 Å². The number of aliphatic hydroxyl groups is 2. The lowest BCUT2D eigenvalue weighted by Gasteiger charge is -2.03. The Bertz CT molecular complexity index is 774. The molecule has 0 amide bonds. The molecule has 4 heteroatoms. The zero-order valence-corrected chi connectivity index (χ0v) is 14.1. The van der Waals surface area contributed by atoms with Gasteiger partial charge in [0.05, 0.1) is 29.6 Å². The van der Waals surface area contributed by atoms with Crippen LogP contribution in [-0.2, 0) is 4.79 Å². The fourth-order valence-corrected chi connectivity index (χ4v) is 1.50. The van der Waals surface area contributed by atoms with Crippen molar-refractivity contribution in [1.29, 1.82) is 0 Å². The highest BCUT2D eigenvalue weighted by molar-refractivity contribution is 5.67. The number of rotatable bonds is 14. The maximum absolute atomic E-state index is 10.5. The number of carboxylic acid groups (broad SMARTS) is 1. The fraction of sp³-hybridized carbons (Fsp3) is 0.550. The molecule has 2 atom stereocenters. The number of hydrogen-bond acceptors (Lipinski definition) is 3. The molecule has 0 aliphatic carbocycles. The Kier molecular flexibility index (Phi) is 7.99. The first-order valence-corrected chi connectivity index (χ1v) is 7.97. The van der Waals surface area contributed by atoms with Gasteiger partial charge in [-0.05, 0) is 44.9 Å². The lowest BCUT2D eigenvalue weighted by atomic mass is 10.1. The second kappa shape index (κ2) is 16.2. The Labute approximate surface area is 157 Å². The van der Waals surface area contributed by atoms with Gasteiger partial charge in [0, 0.05) is 0 Å². The first-order valence-electron chi connectivity index (χ1n) is 12.0. The predicted octanol–water partition coefficient (Wildman–Crippen LogP) is 4.16. The molecule has 0 aromatic heterocycles. The van der Waals surface area contributed by atoms with Crippen LogP contribution in [0.2, 0.25) is 0 Å². The SMILES string of the molecule is [3H]/C(CCC(O)CC)=C(\[3H])C/C([3H])=C(/[3H])C/C([3H])=C(/[3H])C/C([3H])=C(/[3H])C[C@@H](O)CC(=O)O. The highest BCUT2D eigenvalue weighted by Crippen LogP contribution is 2.03. The summed E-state index contributed by atoms with van der Waals surface area (Å²) in [4.78, 5) is 10.5. The maximum atomic E-state index is 10.5. The fourth-order valence-electron chi connectivity index (χ4n) is 1.50. The summed E-state index contributed by atoms with van der Waals surface area (Å²) in [6.07, 6.45) is -2.84. The van der Waals surface area contributed by atoms with Crippen molar-refractivity contribution >= 4 is 5.97 Å². The highest BCUT2D eigenvalue weighted by atomic mass is 16.4. The van der Waals surface area contributed by atoms with Crippen molar-refractivity contribution in [3.8, 4) is 0 Å². The summed E-state index contributed by atoms with van der Waals surface area (Å²) in [5, 5.41) is 27.7. The average molecular weight is 353 g/mol. The number of carboxylic acids is 1. The quantitative estimate of drug-likeness (QED) is 0.410. The second-order valence-corrected chi connectivity index (χ2v) is 5.00. The summed E-state index contributed by atoms with van der Waals surface area (Å²) in [7, 11) is 0. The van der Waals surface area contributed by atoms with E-state index in [1.807, 2.05) is 0 Å². The normalized spacial score (nSPS) is 23.1. The minimum absolute atomic E-state index is 0.0325. The molecule has 24 heavy (non-hydrogen) atoms. The molecular formula is C20H32O4. The largest absolute Gasteiger partial charge is 0.481 e. The molecule has 0 spiro atoms. The van der Waals surface area contributed by atoms with Gasteiger partial charge in [-0.25, -0.2) is 0 Å². The number of carbonyl (C=O) groups is 1. The van der Waals surface area contributed by atoms with Crippen LogP contribution in [0.3, 0.4) is 0 Å². The molecule has 3 N–H and O–H groups in total. The van der Waals surface area contributed by atoms with Crippen LogP contribution in [0.4, 0.5) is 0 Å². The molecule has 136 valence electrons. The molecule has 0 heterocycles. The summed E-state index contributed by atoms with van der Waals surface area (Å²) in [6, 6.07) is -2.14. The molecule has 0 fully saturated rings. The van der Waals surface area contributed by atoms with Crippen molar-refractivity contribution in [2.75, 3.05) is 0 Å². The molecule has 1 unspecified atom stereocenters. The van der Waals surface area contributed by atoms with Crippen molar-refractivity contribution in [2.24, 2.45) is 0 Å². The van der Waals surface area contributed by atoms with Crippen LogP contribution < -0.4 is 0 Å². The van der Waals surface area contributed by atoms with Gasteiger partial charge in [-0.1, -0.05) is 55.3 Å². The van der Waals surface area contributed by atoms with Gasteiger partial charge in [0.25, 0.3) is 0 Å². The second-order valence-electron chi connectivity index (χ2n) is 5.00. The Balaban J connectivity index is 5.13. The predicted molar refractivity (Wildman–Crippen MR) is 98.8 cm³/mol. The molecule has 0 bridgehead atoms. The van der Waals surface area contributed by atoms with Gasteiger partial charge in [0.15, 0.2) is 0 Å². The van der Waals surface area contributed by atoms with Crippen LogP contribution in [0.25, 0.3) is 0 Å². The Morgan fingerprint density at radius 2 is 1.42 bits per heavy atom. The third-order valence-electron chi connectivity index (χ3n) is 2.85. The third kappa shape index (κ3) is 16.7. The van der Waals surface area contributed by atoms with E-state index >= 15 is 0 Å². The van der Waals surface area contributed by atoms with E-state index in [-0.39, 0.29) is 74.1 Å². The summed E-state index contributed by atoms with van der Waals surface area (Å²) in [5.74, 6) is -1.24. The molecule has 0 radical (unpaired) electrons. The molecule has 0 aliphatic heterocycles. The first kappa shape index (κ1) is 11.8. The van der Waals surface area contributed by atoms with Crippen molar-refractivity contribution in [2.45, 2.75) is 70.5 Å². The van der Waals surface area contributed by atoms with Gasteiger partial charge in [0.2, 0.25) is 0 Å². The minimum Gasteiger partial charge on any atom is -0.481 e. The summed E-state index contributed by atoms with van der Waals surface area (Å²) >= 11 is 0. The van der Waals surface area contributed by atoms with Crippen molar-refractivity contribution < 1.29 is 31.1 Å². The van der Waals surface area contributed by atoms with Crippen molar-refractivity contribution in [3.05, 3.63) is 48.4 Å². The van der Waals surface area contributed by atoms with Gasteiger partial charge in [-0.3, -0.25) is 4.79 Å². The van der Waals surface area contributed by atoms with E-state index in [0.29, 0.717) is 12.8 Å². The average Bonchev–Trinajstić information content (AvgIpc) is 2.70. The molecule has 0 saturated carbocycles. The van der Waals surface area contributed by atoms with E-state index in [2.05, 4.69) is 0 Å². The van der Waals surface area contributed by atoms with Gasteiger partial charge in [0.1, 0.15) is 0 Å². The van der Waals surface area contributed by atoms with E-state index in [4.69, 9.17) is 16.1 Å². The number of aliphatic carboxylic acids is 1. The first-order chi connectivity index (χ1) is 14.8. The zero-order chi connectivity index (χ0) is 25.0. The molecular weight excluding hydrogens is 304 g/mol. The van der Waals surface area contributed by atoms with Crippen LogP contribution in [0.1, 0.15) is 69.3 Å². The zero-order valence-electron chi connectivity index (χ0n) is 22.1. The number of allylic oxidation sites excluding steroid dienone is 7. The topological polar surface area (TPSA) is 77.8 Å². The summed E-state index contributed by atoms with van der Waals surface area (Å²) in [6.45, 7) is 1.80. The van der Waals surface area contributed by atoms with Crippen LogP contribution in [0.15, 0.2) is 48.4 Å². The molecule has 0 aliphatic rings. The smallest absolute Gasteiger partial charge is 0.305 e. The van der Waals surface area contributed by atoms with Crippen LogP contribution >= 0.6 is 0 Å². The lowest BCUT2D eigenvalue weighted by Crippen LogP contribution is -2.11. The molecule has 0 aromatic carbocycles.